The fraction of sp³-hybridized carbons (Fsp3) is 0.591. The zero-order valence-electron chi connectivity index (χ0n) is 17.4. The summed E-state index contributed by atoms with van der Waals surface area (Å²) in [5.41, 5.74) is 0.679. The van der Waals surface area contributed by atoms with Gasteiger partial charge in [0.25, 0.3) is 5.91 Å². The van der Waals surface area contributed by atoms with E-state index in [0.717, 1.165) is 57.8 Å². The molecule has 0 saturated carbocycles. The van der Waals surface area contributed by atoms with Crippen LogP contribution in [0.3, 0.4) is 0 Å². The van der Waals surface area contributed by atoms with Crippen LogP contribution in [0.25, 0.3) is 0 Å². The highest BCUT2D eigenvalue weighted by Gasteiger charge is 2.25. The van der Waals surface area contributed by atoms with E-state index in [1.165, 1.54) is 0 Å². The minimum absolute atomic E-state index is 0.0956. The topological polar surface area (TPSA) is 63.5 Å². The number of morpholine rings is 1. The Hall–Kier alpha value is -2.41. The largest absolute Gasteiger partial charge is 0.372 e. The molecule has 0 spiro atoms. The van der Waals surface area contributed by atoms with Crippen molar-refractivity contribution in [3.05, 3.63) is 42.4 Å². The third-order valence-electron chi connectivity index (χ3n) is 5.97. The molecule has 7 heteroatoms. The lowest BCUT2D eigenvalue weighted by molar-refractivity contribution is -0.00546. The van der Waals surface area contributed by atoms with Crippen LogP contribution in [-0.4, -0.2) is 64.0 Å². The summed E-state index contributed by atoms with van der Waals surface area (Å²) in [4.78, 5) is 21.7. The van der Waals surface area contributed by atoms with Crippen molar-refractivity contribution in [3.63, 3.8) is 0 Å². The average molecular weight is 398 g/mol. The third kappa shape index (κ3) is 4.96. The Bertz CT molecular complexity index is 774. The molecule has 0 radical (unpaired) electrons. The van der Waals surface area contributed by atoms with E-state index in [9.17, 15) is 4.79 Å². The Morgan fingerprint density at radius 1 is 1.17 bits per heavy atom. The molecule has 156 valence electrons. The monoisotopic (exact) mass is 397 g/mol. The van der Waals surface area contributed by atoms with Crippen LogP contribution in [0.5, 0.6) is 0 Å². The van der Waals surface area contributed by atoms with Gasteiger partial charge in [0, 0.05) is 51.3 Å². The first kappa shape index (κ1) is 19.9. The Morgan fingerprint density at radius 2 is 1.93 bits per heavy atom. The molecule has 1 amide bonds. The zero-order valence-corrected chi connectivity index (χ0v) is 17.4. The van der Waals surface area contributed by atoms with Gasteiger partial charge in [0.15, 0.2) is 0 Å². The van der Waals surface area contributed by atoms with E-state index in [1.54, 1.807) is 6.20 Å². The van der Waals surface area contributed by atoms with E-state index in [2.05, 4.69) is 28.8 Å². The van der Waals surface area contributed by atoms with Gasteiger partial charge in [0.1, 0.15) is 5.82 Å². The number of anilines is 1. The number of aryl methyl sites for hydroxylation is 1. The predicted octanol–water partition coefficient (Wildman–Crippen LogP) is 2.83. The Labute approximate surface area is 172 Å². The molecule has 2 aliphatic heterocycles. The molecule has 2 aromatic rings. The summed E-state index contributed by atoms with van der Waals surface area (Å²) < 4.78 is 7.78. The van der Waals surface area contributed by atoms with Crippen LogP contribution in [0, 0.1) is 5.92 Å². The van der Waals surface area contributed by atoms with E-state index in [1.807, 2.05) is 40.2 Å². The van der Waals surface area contributed by atoms with Gasteiger partial charge in [0.05, 0.1) is 17.8 Å². The number of nitrogens with zero attached hydrogens (tertiary/aromatic N) is 5. The number of ether oxygens (including phenoxy) is 1. The molecule has 29 heavy (non-hydrogen) atoms. The molecule has 0 aromatic carbocycles. The van der Waals surface area contributed by atoms with Crippen molar-refractivity contribution in [1.82, 2.24) is 19.7 Å². The van der Waals surface area contributed by atoms with Crippen LogP contribution in [0.2, 0.25) is 0 Å². The van der Waals surface area contributed by atoms with Crippen LogP contribution < -0.4 is 4.90 Å². The summed E-state index contributed by atoms with van der Waals surface area (Å²) in [5, 5.41) is 4.27. The maximum atomic E-state index is 12.9. The lowest BCUT2D eigenvalue weighted by Gasteiger charge is -2.36. The summed E-state index contributed by atoms with van der Waals surface area (Å²) in [6.45, 7) is 8.42. The summed E-state index contributed by atoms with van der Waals surface area (Å²) in [6.07, 6.45) is 9.18. The molecule has 0 unspecified atom stereocenters. The van der Waals surface area contributed by atoms with E-state index < -0.39 is 0 Å². The van der Waals surface area contributed by atoms with Gasteiger partial charge in [-0.1, -0.05) is 0 Å². The molecule has 4 heterocycles. The van der Waals surface area contributed by atoms with Gasteiger partial charge < -0.3 is 14.5 Å². The highest BCUT2D eigenvalue weighted by atomic mass is 16.5. The second kappa shape index (κ2) is 8.95. The third-order valence-corrected chi connectivity index (χ3v) is 5.97. The summed E-state index contributed by atoms with van der Waals surface area (Å²) in [6, 6.07) is 5.84. The zero-order chi connectivity index (χ0) is 20.2. The van der Waals surface area contributed by atoms with Gasteiger partial charge in [-0.25, -0.2) is 4.98 Å². The Kier molecular flexibility index (Phi) is 6.13. The molecule has 2 fully saturated rings. The first-order valence-corrected chi connectivity index (χ1v) is 10.7. The number of carbonyl (C=O) groups excluding carboxylic acids is 1. The van der Waals surface area contributed by atoms with Crippen molar-refractivity contribution in [2.45, 2.75) is 51.9 Å². The Morgan fingerprint density at radius 3 is 2.55 bits per heavy atom. The summed E-state index contributed by atoms with van der Waals surface area (Å²) in [7, 11) is 0. The molecule has 0 aliphatic carbocycles. The molecular formula is C22H31N5O2. The Balaban J connectivity index is 1.28. The maximum Gasteiger partial charge on any atom is 0.255 e. The van der Waals surface area contributed by atoms with E-state index in [-0.39, 0.29) is 18.1 Å². The van der Waals surface area contributed by atoms with Crippen molar-refractivity contribution in [1.29, 1.82) is 0 Å². The highest BCUT2D eigenvalue weighted by Crippen LogP contribution is 2.23. The van der Waals surface area contributed by atoms with Gasteiger partial charge in [-0.2, -0.15) is 5.10 Å². The smallest absolute Gasteiger partial charge is 0.255 e. The number of piperidine rings is 1. The standard InChI is InChI=1S/C22H31N5O2/c1-17-15-26(16-18(2)29-17)21-5-4-20(14-23-21)22(28)25-11-6-19(7-12-25)8-13-27-10-3-9-24-27/h3-5,9-10,14,17-19H,6-8,11-13,15-16H2,1-2H3/t17-,18+. The molecule has 2 aliphatic rings. The van der Waals surface area contributed by atoms with Crippen LogP contribution in [0.4, 0.5) is 5.82 Å². The molecule has 0 N–H and O–H groups in total. The average Bonchev–Trinajstić information content (AvgIpc) is 3.25. The van der Waals surface area contributed by atoms with E-state index in [0.29, 0.717) is 11.5 Å². The fourth-order valence-corrected chi connectivity index (χ4v) is 4.42. The number of hydrogen-bond acceptors (Lipinski definition) is 5. The molecule has 7 nitrogen and oxygen atoms in total. The summed E-state index contributed by atoms with van der Waals surface area (Å²) in [5.74, 6) is 1.67. The van der Waals surface area contributed by atoms with Crippen LogP contribution >= 0.6 is 0 Å². The fourth-order valence-electron chi connectivity index (χ4n) is 4.42. The molecule has 4 rings (SSSR count). The summed E-state index contributed by atoms with van der Waals surface area (Å²) >= 11 is 0. The van der Waals surface area contributed by atoms with Gasteiger partial charge in [0.2, 0.25) is 0 Å². The number of amides is 1. The normalized spacial score (nSPS) is 23.4. The van der Waals surface area contributed by atoms with Gasteiger partial charge >= 0.3 is 0 Å². The number of aromatic nitrogens is 3. The number of carbonyl (C=O) groups is 1. The van der Waals surface area contributed by atoms with Crippen molar-refractivity contribution in [2.75, 3.05) is 31.1 Å². The molecule has 2 aromatic heterocycles. The number of rotatable bonds is 5. The predicted molar refractivity (Wildman–Crippen MR) is 112 cm³/mol. The lowest BCUT2D eigenvalue weighted by atomic mass is 9.93. The second-order valence-corrected chi connectivity index (χ2v) is 8.36. The number of pyridine rings is 1. The first-order chi connectivity index (χ1) is 14.1. The van der Waals surface area contributed by atoms with Gasteiger partial charge in [-0.15, -0.1) is 0 Å². The van der Waals surface area contributed by atoms with Crippen LogP contribution in [0.1, 0.15) is 43.5 Å². The highest BCUT2D eigenvalue weighted by molar-refractivity contribution is 5.94. The lowest BCUT2D eigenvalue weighted by Crippen LogP contribution is -2.45. The van der Waals surface area contributed by atoms with E-state index in [4.69, 9.17) is 4.74 Å². The van der Waals surface area contributed by atoms with Crippen molar-refractivity contribution < 1.29 is 9.53 Å². The molecular weight excluding hydrogens is 366 g/mol. The van der Waals surface area contributed by atoms with Crippen LogP contribution in [0.15, 0.2) is 36.8 Å². The van der Waals surface area contributed by atoms with Crippen molar-refractivity contribution in [2.24, 2.45) is 5.92 Å². The minimum Gasteiger partial charge on any atom is -0.372 e. The van der Waals surface area contributed by atoms with Gasteiger partial charge in [-0.3, -0.25) is 9.48 Å². The molecule has 2 saturated heterocycles. The first-order valence-electron chi connectivity index (χ1n) is 10.7. The maximum absolute atomic E-state index is 12.9. The molecule has 0 bridgehead atoms. The van der Waals surface area contributed by atoms with Crippen LogP contribution in [-0.2, 0) is 11.3 Å². The van der Waals surface area contributed by atoms with Crippen molar-refractivity contribution in [3.8, 4) is 0 Å². The number of likely N-dealkylation sites (tertiary alicyclic amines) is 1. The van der Waals surface area contributed by atoms with Crippen molar-refractivity contribution >= 4 is 11.7 Å². The second-order valence-electron chi connectivity index (χ2n) is 8.36. The SMILES string of the molecule is C[C@@H]1CN(c2ccc(C(=O)N3CCC(CCn4cccn4)CC3)cn2)C[C@H](C)O1. The van der Waals surface area contributed by atoms with Gasteiger partial charge in [-0.05, 0) is 57.2 Å². The quantitative estimate of drug-likeness (QED) is 0.776. The van der Waals surface area contributed by atoms with E-state index >= 15 is 0 Å². The molecule has 2 atom stereocenters. The number of hydrogen-bond donors (Lipinski definition) is 0. The minimum atomic E-state index is 0.0956.